The maximum Gasteiger partial charge on any atom is 0.238 e. The molecule has 1 N–H and O–H groups in total. The van der Waals surface area contributed by atoms with Crippen LogP contribution in [0.3, 0.4) is 0 Å². The molecule has 2 rings (SSSR count). The predicted octanol–water partition coefficient (Wildman–Crippen LogP) is 4.19. The second-order valence-corrected chi connectivity index (χ2v) is 7.11. The van der Waals surface area contributed by atoms with Gasteiger partial charge >= 0.3 is 0 Å². The SMILES string of the molecule is CN(CC(=O)Nc1ccccc1C(C)(C)C)Cc1ccccc1F. The van der Waals surface area contributed by atoms with E-state index in [1.54, 1.807) is 23.1 Å². The van der Waals surface area contributed by atoms with Crippen LogP contribution in [0.4, 0.5) is 10.1 Å². The predicted molar refractivity (Wildman–Crippen MR) is 96.5 cm³/mol. The van der Waals surface area contributed by atoms with E-state index in [4.69, 9.17) is 0 Å². The topological polar surface area (TPSA) is 32.3 Å². The van der Waals surface area contributed by atoms with Crippen LogP contribution in [0.2, 0.25) is 0 Å². The summed E-state index contributed by atoms with van der Waals surface area (Å²) in [5.74, 6) is -0.353. The van der Waals surface area contributed by atoms with Gasteiger partial charge in [-0.05, 0) is 30.2 Å². The highest BCUT2D eigenvalue weighted by atomic mass is 19.1. The zero-order valence-electron chi connectivity index (χ0n) is 14.8. The highest BCUT2D eigenvalue weighted by molar-refractivity contribution is 5.93. The van der Waals surface area contributed by atoms with Crippen LogP contribution in [0.15, 0.2) is 48.5 Å². The molecular weight excluding hydrogens is 303 g/mol. The first-order valence-corrected chi connectivity index (χ1v) is 8.08. The summed E-state index contributed by atoms with van der Waals surface area (Å²) < 4.78 is 13.7. The number of amides is 1. The van der Waals surface area contributed by atoms with Crippen LogP contribution in [0.1, 0.15) is 31.9 Å². The number of halogens is 1. The number of carbonyl (C=O) groups excluding carboxylic acids is 1. The third-order valence-corrected chi connectivity index (χ3v) is 3.82. The van der Waals surface area contributed by atoms with Crippen molar-refractivity contribution in [2.75, 3.05) is 18.9 Å². The van der Waals surface area contributed by atoms with E-state index in [1.165, 1.54) is 6.07 Å². The second kappa shape index (κ2) is 7.58. The normalized spacial score (nSPS) is 11.6. The Bertz CT molecular complexity index is 707. The number of likely N-dealkylation sites (N-methyl/N-ethyl adjacent to an activating group) is 1. The van der Waals surface area contributed by atoms with Gasteiger partial charge in [0.25, 0.3) is 0 Å². The van der Waals surface area contributed by atoms with Crippen molar-refractivity contribution in [3.8, 4) is 0 Å². The number of nitrogens with one attached hydrogen (secondary N) is 1. The molecule has 0 heterocycles. The molecule has 0 aliphatic rings. The Balaban J connectivity index is 2.00. The van der Waals surface area contributed by atoms with Gasteiger partial charge in [0.2, 0.25) is 5.91 Å². The van der Waals surface area contributed by atoms with Crippen molar-refractivity contribution in [1.29, 1.82) is 0 Å². The van der Waals surface area contributed by atoms with Gasteiger partial charge in [-0.1, -0.05) is 57.2 Å². The van der Waals surface area contributed by atoms with Gasteiger partial charge in [0.1, 0.15) is 5.82 Å². The van der Waals surface area contributed by atoms with E-state index in [1.807, 2.05) is 31.3 Å². The molecule has 2 aromatic rings. The Morgan fingerprint density at radius 3 is 2.38 bits per heavy atom. The van der Waals surface area contributed by atoms with E-state index in [-0.39, 0.29) is 23.7 Å². The molecule has 0 radical (unpaired) electrons. The molecule has 128 valence electrons. The van der Waals surface area contributed by atoms with Crippen molar-refractivity contribution in [3.63, 3.8) is 0 Å². The lowest BCUT2D eigenvalue weighted by atomic mass is 9.86. The third-order valence-electron chi connectivity index (χ3n) is 3.82. The maximum absolute atomic E-state index is 13.7. The van der Waals surface area contributed by atoms with Crippen LogP contribution in [-0.4, -0.2) is 24.4 Å². The van der Waals surface area contributed by atoms with Crippen LogP contribution in [-0.2, 0) is 16.8 Å². The summed E-state index contributed by atoms with van der Waals surface area (Å²) in [4.78, 5) is 14.1. The van der Waals surface area contributed by atoms with Gasteiger partial charge in [0.15, 0.2) is 0 Å². The minimum Gasteiger partial charge on any atom is -0.325 e. The quantitative estimate of drug-likeness (QED) is 0.892. The molecule has 2 aromatic carbocycles. The largest absolute Gasteiger partial charge is 0.325 e. The Morgan fingerprint density at radius 1 is 1.08 bits per heavy atom. The van der Waals surface area contributed by atoms with E-state index < -0.39 is 0 Å². The maximum atomic E-state index is 13.7. The first-order chi connectivity index (χ1) is 11.3. The molecule has 0 aliphatic carbocycles. The summed E-state index contributed by atoms with van der Waals surface area (Å²) in [6.45, 7) is 6.93. The Hall–Kier alpha value is -2.20. The van der Waals surface area contributed by atoms with Crippen LogP contribution in [0, 0.1) is 5.82 Å². The third kappa shape index (κ3) is 4.90. The van der Waals surface area contributed by atoms with Gasteiger partial charge in [-0.2, -0.15) is 0 Å². The monoisotopic (exact) mass is 328 g/mol. The lowest BCUT2D eigenvalue weighted by Gasteiger charge is -2.23. The van der Waals surface area contributed by atoms with E-state index in [2.05, 4.69) is 26.1 Å². The van der Waals surface area contributed by atoms with Crippen molar-refractivity contribution in [1.82, 2.24) is 4.90 Å². The van der Waals surface area contributed by atoms with Crippen molar-refractivity contribution < 1.29 is 9.18 Å². The number of hydrogen-bond donors (Lipinski definition) is 1. The number of anilines is 1. The number of rotatable bonds is 5. The van der Waals surface area contributed by atoms with Gasteiger partial charge in [-0.25, -0.2) is 4.39 Å². The second-order valence-electron chi connectivity index (χ2n) is 7.11. The molecule has 0 bridgehead atoms. The Labute approximate surface area is 143 Å². The molecule has 4 heteroatoms. The molecular formula is C20H25FN2O. The average molecular weight is 328 g/mol. The highest BCUT2D eigenvalue weighted by Crippen LogP contribution is 2.29. The number of para-hydroxylation sites is 1. The van der Waals surface area contributed by atoms with Crippen molar-refractivity contribution in [3.05, 3.63) is 65.5 Å². The molecule has 0 atom stereocenters. The number of nitrogens with zero attached hydrogens (tertiary/aromatic N) is 1. The number of carbonyl (C=O) groups is 1. The minimum absolute atomic E-state index is 0.0526. The van der Waals surface area contributed by atoms with Crippen LogP contribution in [0.25, 0.3) is 0 Å². The fourth-order valence-electron chi connectivity index (χ4n) is 2.65. The molecule has 0 fully saturated rings. The van der Waals surface area contributed by atoms with E-state index in [0.717, 1.165) is 11.3 Å². The van der Waals surface area contributed by atoms with Crippen LogP contribution in [0.5, 0.6) is 0 Å². The smallest absolute Gasteiger partial charge is 0.238 e. The average Bonchev–Trinajstić information content (AvgIpc) is 2.49. The fourth-order valence-corrected chi connectivity index (χ4v) is 2.65. The lowest BCUT2D eigenvalue weighted by Crippen LogP contribution is -2.30. The summed E-state index contributed by atoms with van der Waals surface area (Å²) in [5.41, 5.74) is 2.45. The molecule has 1 amide bonds. The van der Waals surface area contributed by atoms with Gasteiger partial charge in [0, 0.05) is 17.8 Å². The summed E-state index contributed by atoms with van der Waals surface area (Å²) in [7, 11) is 1.81. The standard InChI is InChI=1S/C20H25FN2O/c1-20(2,3)16-10-6-8-12-18(16)22-19(24)14-23(4)13-15-9-5-7-11-17(15)21/h5-12H,13-14H2,1-4H3,(H,22,24). The molecule has 0 aromatic heterocycles. The first-order valence-electron chi connectivity index (χ1n) is 8.08. The lowest BCUT2D eigenvalue weighted by molar-refractivity contribution is -0.117. The molecule has 0 spiro atoms. The minimum atomic E-state index is -0.247. The Kier molecular flexibility index (Phi) is 5.73. The van der Waals surface area contributed by atoms with Gasteiger partial charge < -0.3 is 5.32 Å². The summed E-state index contributed by atoms with van der Waals surface area (Å²) in [5, 5.41) is 2.97. The van der Waals surface area contributed by atoms with Gasteiger partial charge in [-0.15, -0.1) is 0 Å². The van der Waals surface area contributed by atoms with Crippen molar-refractivity contribution in [2.45, 2.75) is 32.7 Å². The van der Waals surface area contributed by atoms with Crippen LogP contribution < -0.4 is 5.32 Å². The van der Waals surface area contributed by atoms with E-state index >= 15 is 0 Å². The zero-order chi connectivity index (χ0) is 17.7. The van der Waals surface area contributed by atoms with Crippen LogP contribution >= 0.6 is 0 Å². The molecule has 24 heavy (non-hydrogen) atoms. The van der Waals surface area contributed by atoms with E-state index in [0.29, 0.717) is 12.1 Å². The fraction of sp³-hybridized carbons (Fsp3) is 0.350. The first kappa shape index (κ1) is 18.1. The molecule has 3 nitrogen and oxygen atoms in total. The summed E-state index contributed by atoms with van der Waals surface area (Å²) >= 11 is 0. The van der Waals surface area contributed by atoms with Gasteiger partial charge in [-0.3, -0.25) is 9.69 Å². The highest BCUT2D eigenvalue weighted by Gasteiger charge is 2.19. The number of benzene rings is 2. The Morgan fingerprint density at radius 2 is 1.71 bits per heavy atom. The molecule has 0 saturated carbocycles. The van der Waals surface area contributed by atoms with Crippen molar-refractivity contribution in [2.24, 2.45) is 0 Å². The molecule has 0 aliphatic heterocycles. The van der Waals surface area contributed by atoms with E-state index in [9.17, 15) is 9.18 Å². The summed E-state index contributed by atoms with van der Waals surface area (Å²) in [6.07, 6.45) is 0. The molecule has 0 saturated heterocycles. The molecule has 0 unspecified atom stereocenters. The van der Waals surface area contributed by atoms with Crippen molar-refractivity contribution >= 4 is 11.6 Å². The number of hydrogen-bond acceptors (Lipinski definition) is 2. The zero-order valence-corrected chi connectivity index (χ0v) is 14.8. The van der Waals surface area contributed by atoms with Gasteiger partial charge in [0.05, 0.1) is 6.54 Å². The summed E-state index contributed by atoms with van der Waals surface area (Å²) in [6, 6.07) is 14.4.